The molecule has 5 nitrogen and oxygen atoms in total. The molecule has 1 aromatic rings. The van der Waals surface area contributed by atoms with E-state index in [9.17, 15) is 12.8 Å². The van der Waals surface area contributed by atoms with E-state index >= 15 is 0 Å². The van der Waals surface area contributed by atoms with E-state index in [4.69, 9.17) is 5.26 Å². The summed E-state index contributed by atoms with van der Waals surface area (Å²) in [5, 5.41) is 9.13. The van der Waals surface area contributed by atoms with Crippen LogP contribution in [-0.4, -0.2) is 44.7 Å². The third-order valence-electron chi connectivity index (χ3n) is 4.06. The van der Waals surface area contributed by atoms with Crippen LogP contribution in [0, 0.1) is 17.1 Å². The molecule has 23 heavy (non-hydrogen) atoms. The number of hydrogen-bond donors (Lipinski definition) is 0. The fraction of sp³-hybridized carbons (Fsp3) is 0.562. The van der Waals surface area contributed by atoms with Crippen molar-refractivity contribution in [3.05, 3.63) is 29.6 Å². The standard InChI is InChI=1S/C16H22FN3O2S/c1-2-3-4-11-23(21,22)20-9-7-19(8-10-20)16-6-5-15(17)12-14(16)13-18/h5-6,12H,2-4,7-11H2,1H3. The Hall–Kier alpha value is -1.65. The molecule has 0 bridgehead atoms. The molecule has 0 aromatic heterocycles. The molecule has 7 heteroatoms. The number of unbranched alkanes of at least 4 members (excludes halogenated alkanes) is 2. The van der Waals surface area contributed by atoms with Gasteiger partial charge in [-0.2, -0.15) is 9.57 Å². The maximum absolute atomic E-state index is 13.2. The molecule has 0 atom stereocenters. The highest BCUT2D eigenvalue weighted by molar-refractivity contribution is 7.89. The van der Waals surface area contributed by atoms with Crippen molar-refractivity contribution in [1.29, 1.82) is 5.26 Å². The van der Waals surface area contributed by atoms with Crippen LogP contribution in [0.4, 0.5) is 10.1 Å². The Morgan fingerprint density at radius 3 is 2.52 bits per heavy atom. The molecule has 1 heterocycles. The minimum Gasteiger partial charge on any atom is -0.368 e. The number of rotatable bonds is 6. The fourth-order valence-corrected chi connectivity index (χ4v) is 4.29. The first-order valence-electron chi connectivity index (χ1n) is 7.90. The van der Waals surface area contributed by atoms with Gasteiger partial charge in [0.1, 0.15) is 11.9 Å². The lowest BCUT2D eigenvalue weighted by Crippen LogP contribution is -2.49. The molecular weight excluding hydrogens is 317 g/mol. The van der Waals surface area contributed by atoms with E-state index in [0.717, 1.165) is 12.8 Å². The highest BCUT2D eigenvalue weighted by atomic mass is 32.2. The van der Waals surface area contributed by atoms with Crippen molar-refractivity contribution < 1.29 is 12.8 Å². The van der Waals surface area contributed by atoms with Crippen molar-refractivity contribution in [2.75, 3.05) is 36.8 Å². The van der Waals surface area contributed by atoms with Crippen LogP contribution in [0.15, 0.2) is 18.2 Å². The second kappa shape index (κ2) is 7.75. The Morgan fingerprint density at radius 2 is 1.91 bits per heavy atom. The van der Waals surface area contributed by atoms with Crippen LogP contribution < -0.4 is 4.90 Å². The van der Waals surface area contributed by atoms with Crippen molar-refractivity contribution >= 4 is 15.7 Å². The first-order valence-corrected chi connectivity index (χ1v) is 9.51. The number of hydrogen-bond acceptors (Lipinski definition) is 4. The summed E-state index contributed by atoms with van der Waals surface area (Å²) in [5.74, 6) is -0.247. The maximum Gasteiger partial charge on any atom is 0.214 e. The maximum atomic E-state index is 13.2. The van der Waals surface area contributed by atoms with Crippen molar-refractivity contribution in [1.82, 2.24) is 4.31 Å². The molecule has 1 aromatic carbocycles. The summed E-state index contributed by atoms with van der Waals surface area (Å²) in [5.41, 5.74) is 0.946. The first-order chi connectivity index (χ1) is 11.0. The van der Waals surface area contributed by atoms with Crippen molar-refractivity contribution in [2.24, 2.45) is 0 Å². The van der Waals surface area contributed by atoms with Crippen LogP contribution >= 0.6 is 0 Å². The molecule has 0 unspecified atom stereocenters. The molecule has 0 N–H and O–H groups in total. The van der Waals surface area contributed by atoms with Gasteiger partial charge in [0.05, 0.1) is 17.0 Å². The largest absolute Gasteiger partial charge is 0.368 e. The molecule has 0 aliphatic carbocycles. The van der Waals surface area contributed by atoms with E-state index < -0.39 is 15.8 Å². The van der Waals surface area contributed by atoms with Crippen LogP contribution in [0.2, 0.25) is 0 Å². The number of halogens is 1. The molecule has 1 aliphatic rings. The van der Waals surface area contributed by atoms with Gasteiger partial charge < -0.3 is 4.90 Å². The van der Waals surface area contributed by atoms with E-state index in [0.29, 0.717) is 38.3 Å². The number of piperazine rings is 1. The van der Waals surface area contributed by atoms with Crippen LogP contribution in [0.25, 0.3) is 0 Å². The summed E-state index contributed by atoms with van der Waals surface area (Å²) < 4.78 is 39.3. The summed E-state index contributed by atoms with van der Waals surface area (Å²) >= 11 is 0. The van der Waals surface area contributed by atoms with E-state index in [1.165, 1.54) is 16.4 Å². The smallest absolute Gasteiger partial charge is 0.214 e. The molecule has 0 saturated carbocycles. The van der Waals surface area contributed by atoms with E-state index in [-0.39, 0.29) is 11.3 Å². The van der Waals surface area contributed by atoms with Gasteiger partial charge >= 0.3 is 0 Å². The van der Waals surface area contributed by atoms with Gasteiger partial charge in [0.25, 0.3) is 0 Å². The molecule has 1 fully saturated rings. The Kier molecular flexibility index (Phi) is 5.97. The average molecular weight is 339 g/mol. The SMILES string of the molecule is CCCCCS(=O)(=O)N1CCN(c2ccc(F)cc2C#N)CC1. The number of nitriles is 1. The van der Waals surface area contributed by atoms with E-state index in [1.54, 1.807) is 6.07 Å². The van der Waals surface area contributed by atoms with E-state index in [1.807, 2.05) is 17.9 Å². The normalized spacial score (nSPS) is 16.3. The molecule has 1 aliphatic heterocycles. The summed E-state index contributed by atoms with van der Waals surface area (Å²) in [7, 11) is -3.20. The Morgan fingerprint density at radius 1 is 1.22 bits per heavy atom. The van der Waals surface area contributed by atoms with Crippen LogP contribution in [-0.2, 0) is 10.0 Å². The van der Waals surface area contributed by atoms with Crippen LogP contribution in [0.5, 0.6) is 0 Å². The average Bonchev–Trinajstić information content (AvgIpc) is 2.55. The second-order valence-electron chi connectivity index (χ2n) is 5.68. The zero-order chi connectivity index (χ0) is 16.9. The first kappa shape index (κ1) is 17.7. The van der Waals surface area contributed by atoms with Crippen LogP contribution in [0.1, 0.15) is 31.7 Å². The van der Waals surface area contributed by atoms with Gasteiger partial charge in [0.15, 0.2) is 0 Å². The van der Waals surface area contributed by atoms with Crippen LogP contribution in [0.3, 0.4) is 0 Å². The summed E-state index contributed by atoms with van der Waals surface area (Å²) in [6.45, 7) is 3.86. The van der Waals surface area contributed by atoms with Gasteiger partial charge in [0, 0.05) is 26.2 Å². The van der Waals surface area contributed by atoms with Gasteiger partial charge in [0.2, 0.25) is 10.0 Å². The highest BCUT2D eigenvalue weighted by Gasteiger charge is 2.27. The number of anilines is 1. The monoisotopic (exact) mass is 339 g/mol. The third-order valence-corrected chi connectivity index (χ3v) is 6.01. The van der Waals surface area contributed by atoms with Gasteiger partial charge in [-0.1, -0.05) is 19.8 Å². The fourth-order valence-electron chi connectivity index (χ4n) is 2.74. The van der Waals surface area contributed by atoms with Gasteiger partial charge in [-0.25, -0.2) is 12.8 Å². The van der Waals surface area contributed by atoms with Crippen molar-refractivity contribution in [2.45, 2.75) is 26.2 Å². The lowest BCUT2D eigenvalue weighted by Gasteiger charge is -2.35. The lowest BCUT2D eigenvalue weighted by molar-refractivity contribution is 0.384. The predicted octanol–water partition coefficient (Wildman–Crippen LogP) is 2.34. The molecule has 1 saturated heterocycles. The Bertz CT molecular complexity index is 677. The molecule has 126 valence electrons. The quantitative estimate of drug-likeness (QED) is 0.746. The third kappa shape index (κ3) is 4.43. The number of benzene rings is 1. The molecule has 0 amide bonds. The summed E-state index contributed by atoms with van der Waals surface area (Å²) in [6, 6.07) is 6.11. The Balaban J connectivity index is 2.00. The summed E-state index contributed by atoms with van der Waals surface area (Å²) in [4.78, 5) is 1.94. The van der Waals surface area contributed by atoms with Crippen molar-refractivity contribution in [3.8, 4) is 6.07 Å². The molecule has 0 spiro atoms. The Labute approximate surface area is 137 Å². The van der Waals surface area contributed by atoms with E-state index in [2.05, 4.69) is 0 Å². The molecule has 2 rings (SSSR count). The minimum absolute atomic E-state index is 0.195. The van der Waals surface area contributed by atoms with Gasteiger partial charge in [-0.05, 0) is 24.6 Å². The highest BCUT2D eigenvalue weighted by Crippen LogP contribution is 2.23. The number of nitrogens with zero attached hydrogens (tertiary/aromatic N) is 3. The number of sulfonamides is 1. The molecular formula is C16H22FN3O2S. The summed E-state index contributed by atoms with van der Waals surface area (Å²) in [6.07, 6.45) is 2.60. The lowest BCUT2D eigenvalue weighted by atomic mass is 10.1. The zero-order valence-corrected chi connectivity index (χ0v) is 14.1. The molecule has 0 radical (unpaired) electrons. The van der Waals surface area contributed by atoms with Crippen molar-refractivity contribution in [3.63, 3.8) is 0 Å². The second-order valence-corrected chi connectivity index (χ2v) is 7.77. The van der Waals surface area contributed by atoms with Gasteiger partial charge in [-0.15, -0.1) is 0 Å². The van der Waals surface area contributed by atoms with Gasteiger partial charge in [-0.3, -0.25) is 0 Å². The predicted molar refractivity (Wildman–Crippen MR) is 88.2 cm³/mol. The topological polar surface area (TPSA) is 64.4 Å². The zero-order valence-electron chi connectivity index (χ0n) is 13.3. The minimum atomic E-state index is -3.20.